The lowest BCUT2D eigenvalue weighted by Crippen LogP contribution is -2.42. The maximum absolute atomic E-state index is 13.1. The third kappa shape index (κ3) is 4.65. The van der Waals surface area contributed by atoms with Crippen molar-refractivity contribution in [3.8, 4) is 0 Å². The summed E-state index contributed by atoms with van der Waals surface area (Å²) in [5, 5.41) is 4.55. The molecule has 2 aromatic heterocycles. The van der Waals surface area contributed by atoms with Gasteiger partial charge in [-0.2, -0.15) is 0 Å². The fourth-order valence-electron chi connectivity index (χ4n) is 3.15. The molecule has 1 aromatic carbocycles. The number of carbonyl (C=O) groups is 1. The van der Waals surface area contributed by atoms with Gasteiger partial charge in [0.25, 0.3) is 5.56 Å². The predicted molar refractivity (Wildman–Crippen MR) is 115 cm³/mol. The number of nitrogens with zero attached hydrogens (tertiary/aromatic N) is 2. The zero-order valence-corrected chi connectivity index (χ0v) is 17.7. The van der Waals surface area contributed by atoms with Gasteiger partial charge in [-0.25, -0.2) is 4.79 Å². The van der Waals surface area contributed by atoms with Gasteiger partial charge in [0.2, 0.25) is 5.91 Å². The highest BCUT2D eigenvalue weighted by Crippen LogP contribution is 2.16. The molecule has 7 nitrogen and oxygen atoms in total. The number of benzene rings is 1. The molecule has 0 aliphatic heterocycles. The fourth-order valence-corrected chi connectivity index (χ4v) is 4.00. The van der Waals surface area contributed by atoms with E-state index in [9.17, 15) is 14.4 Å². The molecule has 3 rings (SSSR count). The summed E-state index contributed by atoms with van der Waals surface area (Å²) in [6.07, 6.45) is 0.692. The minimum atomic E-state index is -0.480. The number of rotatable bonds is 8. The van der Waals surface area contributed by atoms with Gasteiger partial charge in [-0.1, -0.05) is 18.2 Å². The molecule has 0 aliphatic carbocycles. The summed E-state index contributed by atoms with van der Waals surface area (Å²) < 4.78 is 8.02. The van der Waals surface area contributed by atoms with E-state index in [1.54, 1.807) is 18.6 Å². The van der Waals surface area contributed by atoms with Crippen molar-refractivity contribution in [1.82, 2.24) is 14.5 Å². The van der Waals surface area contributed by atoms with Gasteiger partial charge in [-0.05, 0) is 48.4 Å². The Bertz CT molecular complexity index is 1140. The first-order valence-electron chi connectivity index (χ1n) is 9.45. The van der Waals surface area contributed by atoms with Gasteiger partial charge in [0.1, 0.15) is 11.2 Å². The van der Waals surface area contributed by atoms with Crippen molar-refractivity contribution >= 4 is 27.5 Å². The van der Waals surface area contributed by atoms with E-state index in [0.717, 1.165) is 16.7 Å². The average molecular weight is 416 g/mol. The third-order valence-corrected chi connectivity index (χ3v) is 5.79. The molecule has 0 aliphatic rings. The van der Waals surface area contributed by atoms with Crippen LogP contribution in [-0.4, -0.2) is 35.3 Å². The summed E-state index contributed by atoms with van der Waals surface area (Å²) in [5.74, 6) is -0.271. The Labute approximate surface area is 172 Å². The average Bonchev–Trinajstić information content (AvgIpc) is 3.18. The number of hydrogen-bond donors (Lipinski definition) is 1. The van der Waals surface area contributed by atoms with E-state index < -0.39 is 5.69 Å². The largest absolute Gasteiger partial charge is 0.385 e. The molecule has 29 heavy (non-hydrogen) atoms. The second-order valence-corrected chi connectivity index (χ2v) is 7.93. The lowest BCUT2D eigenvalue weighted by Gasteiger charge is -2.13. The van der Waals surface area contributed by atoms with E-state index in [-0.39, 0.29) is 24.6 Å². The molecule has 1 amide bonds. The van der Waals surface area contributed by atoms with Gasteiger partial charge < -0.3 is 10.1 Å². The molecule has 0 fully saturated rings. The molecule has 154 valence electrons. The second kappa shape index (κ2) is 9.19. The van der Waals surface area contributed by atoms with Crippen molar-refractivity contribution < 1.29 is 9.53 Å². The molecular formula is C21H25N3O4S. The number of ether oxygens (including phenoxy) is 1. The zero-order valence-electron chi connectivity index (χ0n) is 16.9. The Morgan fingerprint density at radius 3 is 2.66 bits per heavy atom. The highest BCUT2D eigenvalue weighted by Gasteiger charge is 2.16. The number of amides is 1. The Balaban J connectivity index is 1.95. The summed E-state index contributed by atoms with van der Waals surface area (Å²) in [7, 11) is 1.60. The number of hydrogen-bond acceptors (Lipinski definition) is 5. The van der Waals surface area contributed by atoms with E-state index in [1.807, 2.05) is 32.0 Å². The Morgan fingerprint density at radius 2 is 1.93 bits per heavy atom. The number of fused-ring (bicyclic) bond motifs is 1. The van der Waals surface area contributed by atoms with Gasteiger partial charge in [0.15, 0.2) is 0 Å². The Kier molecular flexibility index (Phi) is 6.66. The zero-order chi connectivity index (χ0) is 21.0. The third-order valence-electron chi connectivity index (χ3n) is 4.90. The highest BCUT2D eigenvalue weighted by atomic mass is 32.1. The molecule has 2 heterocycles. The van der Waals surface area contributed by atoms with E-state index in [1.165, 1.54) is 20.5 Å². The number of methoxy groups -OCH3 is 1. The second-order valence-electron chi connectivity index (χ2n) is 7.01. The number of thiophene rings is 1. The normalized spacial score (nSPS) is 11.1. The summed E-state index contributed by atoms with van der Waals surface area (Å²) in [4.78, 5) is 38.3. The van der Waals surface area contributed by atoms with Crippen LogP contribution in [0.2, 0.25) is 0 Å². The van der Waals surface area contributed by atoms with Gasteiger partial charge in [-0.3, -0.25) is 18.7 Å². The first kappa shape index (κ1) is 21.0. The molecule has 0 radical (unpaired) electrons. The van der Waals surface area contributed by atoms with Crippen LogP contribution in [0.4, 0.5) is 0 Å². The van der Waals surface area contributed by atoms with Gasteiger partial charge >= 0.3 is 5.69 Å². The van der Waals surface area contributed by atoms with E-state index >= 15 is 0 Å². The summed E-state index contributed by atoms with van der Waals surface area (Å²) >= 11 is 1.28. The minimum Gasteiger partial charge on any atom is -0.385 e. The number of aryl methyl sites for hydroxylation is 2. The first-order valence-corrected chi connectivity index (χ1v) is 10.3. The quantitative estimate of drug-likeness (QED) is 0.571. The Hall–Kier alpha value is -2.71. The summed E-state index contributed by atoms with van der Waals surface area (Å²) in [6.45, 7) is 5.07. The molecule has 0 unspecified atom stereocenters. The highest BCUT2D eigenvalue weighted by molar-refractivity contribution is 7.17. The van der Waals surface area contributed by atoms with Crippen molar-refractivity contribution in [2.45, 2.75) is 33.4 Å². The number of carbonyl (C=O) groups excluding carboxylic acids is 1. The lowest BCUT2D eigenvalue weighted by atomic mass is 10.1. The van der Waals surface area contributed by atoms with Crippen molar-refractivity contribution in [3.05, 3.63) is 67.2 Å². The molecule has 0 saturated heterocycles. The van der Waals surface area contributed by atoms with Crippen LogP contribution >= 0.6 is 11.3 Å². The van der Waals surface area contributed by atoms with Crippen molar-refractivity contribution in [3.63, 3.8) is 0 Å². The molecular weight excluding hydrogens is 390 g/mol. The Morgan fingerprint density at radius 1 is 1.14 bits per heavy atom. The maximum Gasteiger partial charge on any atom is 0.332 e. The summed E-state index contributed by atoms with van der Waals surface area (Å²) in [5.41, 5.74) is 2.81. The monoisotopic (exact) mass is 415 g/mol. The molecule has 0 bridgehead atoms. The van der Waals surface area contributed by atoms with Gasteiger partial charge in [0.05, 0.1) is 12.1 Å². The van der Waals surface area contributed by atoms with E-state index in [0.29, 0.717) is 29.8 Å². The smallest absolute Gasteiger partial charge is 0.332 e. The van der Waals surface area contributed by atoms with Crippen LogP contribution in [0, 0.1) is 13.8 Å². The van der Waals surface area contributed by atoms with Crippen LogP contribution in [0.15, 0.2) is 39.2 Å². The van der Waals surface area contributed by atoms with Crippen LogP contribution in [0.25, 0.3) is 10.2 Å². The number of aromatic nitrogens is 2. The number of nitrogens with one attached hydrogen (secondary N) is 1. The van der Waals surface area contributed by atoms with Crippen molar-refractivity contribution in [1.29, 1.82) is 0 Å². The van der Waals surface area contributed by atoms with E-state index in [4.69, 9.17) is 4.74 Å². The van der Waals surface area contributed by atoms with Crippen LogP contribution < -0.4 is 16.6 Å². The topological polar surface area (TPSA) is 82.3 Å². The van der Waals surface area contributed by atoms with Gasteiger partial charge in [-0.15, -0.1) is 11.3 Å². The lowest BCUT2D eigenvalue weighted by molar-refractivity contribution is -0.121. The van der Waals surface area contributed by atoms with Gasteiger partial charge in [0, 0.05) is 20.3 Å². The molecule has 3 aromatic rings. The molecule has 0 atom stereocenters. The van der Waals surface area contributed by atoms with Crippen LogP contribution in [0.3, 0.4) is 0 Å². The molecule has 1 N–H and O–H groups in total. The van der Waals surface area contributed by atoms with E-state index in [2.05, 4.69) is 5.32 Å². The van der Waals surface area contributed by atoms with Crippen LogP contribution in [-0.2, 0) is 22.6 Å². The first-order chi connectivity index (χ1) is 13.9. The maximum atomic E-state index is 13.1. The SMILES string of the molecule is COCCCNC(=O)Cn1c(=O)n(Cc2ccc(C)c(C)c2)c(=O)c2sccc21. The van der Waals surface area contributed by atoms with Crippen LogP contribution in [0.5, 0.6) is 0 Å². The molecule has 0 spiro atoms. The summed E-state index contributed by atoms with van der Waals surface area (Å²) in [6, 6.07) is 7.58. The fraction of sp³-hybridized carbons (Fsp3) is 0.381. The van der Waals surface area contributed by atoms with Crippen LogP contribution in [0.1, 0.15) is 23.1 Å². The molecule has 0 saturated carbocycles. The standard InChI is InChI=1S/C21H25N3O4S/c1-14-5-6-16(11-15(14)2)12-24-20(26)19-17(7-10-29-19)23(21(24)27)13-18(25)22-8-4-9-28-3/h5-7,10-11H,4,8-9,12-13H2,1-3H3,(H,22,25). The van der Waals surface area contributed by atoms with Crippen molar-refractivity contribution in [2.24, 2.45) is 0 Å². The molecule has 8 heteroatoms. The minimum absolute atomic E-state index is 0.133. The van der Waals surface area contributed by atoms with Crippen molar-refractivity contribution in [2.75, 3.05) is 20.3 Å². The predicted octanol–water partition coefficient (Wildman–Crippen LogP) is 2.04.